The van der Waals surface area contributed by atoms with Gasteiger partial charge in [-0.1, -0.05) is 129 Å². The lowest BCUT2D eigenvalue weighted by molar-refractivity contribution is 0.294. The Morgan fingerprint density at radius 3 is 1.30 bits per heavy atom. The Kier molecular flexibility index (Phi) is 20.4. The van der Waals surface area contributed by atoms with Crippen LogP contribution >= 0.6 is 0 Å². The average molecular weight is 461 g/mol. The molecule has 0 heterocycles. The summed E-state index contributed by atoms with van der Waals surface area (Å²) in [5.74, 6) is 1.99. The lowest BCUT2D eigenvalue weighted by atomic mass is 10.1. The van der Waals surface area contributed by atoms with Gasteiger partial charge in [-0.15, -0.1) is 0 Å². The van der Waals surface area contributed by atoms with Crippen LogP contribution in [0, 0.1) is 6.92 Å². The third kappa shape index (κ3) is 17.9. The maximum absolute atomic E-state index is 6.02. The molecule has 0 bridgehead atoms. The fourth-order valence-electron chi connectivity index (χ4n) is 4.42. The van der Waals surface area contributed by atoms with Gasteiger partial charge in [-0.3, -0.25) is 0 Å². The van der Waals surface area contributed by atoms with Gasteiger partial charge < -0.3 is 9.47 Å². The second kappa shape index (κ2) is 22.6. The van der Waals surface area contributed by atoms with Gasteiger partial charge >= 0.3 is 0 Å². The van der Waals surface area contributed by atoms with Crippen LogP contribution in [-0.4, -0.2) is 13.2 Å². The van der Waals surface area contributed by atoms with Crippen LogP contribution in [0.2, 0.25) is 0 Å². The van der Waals surface area contributed by atoms with Crippen molar-refractivity contribution < 1.29 is 9.47 Å². The summed E-state index contributed by atoms with van der Waals surface area (Å²) in [6.45, 7) is 8.35. The van der Waals surface area contributed by atoms with Gasteiger partial charge in [-0.2, -0.15) is 0 Å². The van der Waals surface area contributed by atoms with Crippen LogP contribution in [0.25, 0.3) is 0 Å². The molecule has 0 amide bonds. The molecule has 1 rings (SSSR count). The second-order valence-corrected chi connectivity index (χ2v) is 9.99. The first-order valence-corrected chi connectivity index (χ1v) is 14.6. The van der Waals surface area contributed by atoms with Crippen molar-refractivity contribution in [3.8, 4) is 11.5 Å². The van der Waals surface area contributed by atoms with Crippen molar-refractivity contribution in [2.24, 2.45) is 0 Å². The molecule has 0 aromatic heterocycles. The van der Waals surface area contributed by atoms with E-state index in [1.54, 1.807) is 0 Å². The van der Waals surface area contributed by atoms with Crippen molar-refractivity contribution in [1.29, 1.82) is 0 Å². The van der Waals surface area contributed by atoms with Gasteiger partial charge in [-0.25, -0.2) is 0 Å². The SMILES string of the molecule is CCCCCCCCCCCCOc1ccc(OCCCCCCCCCCCC)c(C)c1. The minimum Gasteiger partial charge on any atom is -0.494 e. The molecule has 0 atom stereocenters. The van der Waals surface area contributed by atoms with Crippen molar-refractivity contribution >= 4 is 0 Å². The molecule has 0 fully saturated rings. The van der Waals surface area contributed by atoms with Crippen molar-refractivity contribution in [1.82, 2.24) is 0 Å². The van der Waals surface area contributed by atoms with E-state index in [-0.39, 0.29) is 0 Å². The molecule has 0 saturated carbocycles. The number of benzene rings is 1. The average Bonchev–Trinajstić information content (AvgIpc) is 2.82. The largest absolute Gasteiger partial charge is 0.494 e. The van der Waals surface area contributed by atoms with E-state index in [1.807, 2.05) is 0 Å². The lowest BCUT2D eigenvalue weighted by Gasteiger charge is -2.12. The minimum absolute atomic E-state index is 0.828. The van der Waals surface area contributed by atoms with Gasteiger partial charge in [-0.05, 0) is 43.5 Å². The predicted molar refractivity (Wildman–Crippen MR) is 146 cm³/mol. The molecular weight excluding hydrogens is 404 g/mol. The molecule has 0 saturated heterocycles. The summed E-state index contributed by atoms with van der Waals surface area (Å²) < 4.78 is 12.0. The zero-order chi connectivity index (χ0) is 23.8. The topological polar surface area (TPSA) is 18.5 Å². The van der Waals surface area contributed by atoms with E-state index >= 15 is 0 Å². The van der Waals surface area contributed by atoms with Crippen LogP contribution in [0.4, 0.5) is 0 Å². The Labute approximate surface area is 207 Å². The van der Waals surface area contributed by atoms with Crippen LogP contribution < -0.4 is 9.47 Å². The van der Waals surface area contributed by atoms with Gasteiger partial charge in [0.15, 0.2) is 0 Å². The van der Waals surface area contributed by atoms with Crippen molar-refractivity contribution in [3.05, 3.63) is 23.8 Å². The highest BCUT2D eigenvalue weighted by molar-refractivity contribution is 5.39. The third-order valence-electron chi connectivity index (χ3n) is 6.67. The van der Waals surface area contributed by atoms with E-state index in [9.17, 15) is 0 Å². The number of unbranched alkanes of at least 4 members (excludes halogenated alkanes) is 18. The molecule has 0 aliphatic rings. The fourth-order valence-corrected chi connectivity index (χ4v) is 4.42. The molecule has 0 spiro atoms. The summed E-state index contributed by atoms with van der Waals surface area (Å²) in [6.07, 6.45) is 27.2. The molecule has 192 valence electrons. The minimum atomic E-state index is 0.828. The molecule has 2 heteroatoms. The van der Waals surface area contributed by atoms with Gasteiger partial charge in [0.1, 0.15) is 11.5 Å². The lowest BCUT2D eigenvalue weighted by Crippen LogP contribution is -2.01. The molecule has 33 heavy (non-hydrogen) atoms. The predicted octanol–water partition coefficient (Wildman–Crippen LogP) is 10.6. The molecule has 0 unspecified atom stereocenters. The van der Waals surface area contributed by atoms with Gasteiger partial charge in [0.05, 0.1) is 13.2 Å². The quantitative estimate of drug-likeness (QED) is 0.143. The normalized spacial score (nSPS) is 11.1. The molecule has 0 aliphatic heterocycles. The van der Waals surface area contributed by atoms with Crippen LogP contribution in [0.1, 0.15) is 148 Å². The summed E-state index contributed by atoms with van der Waals surface area (Å²) in [7, 11) is 0. The van der Waals surface area contributed by atoms with Crippen LogP contribution in [0.5, 0.6) is 11.5 Å². The van der Waals surface area contributed by atoms with E-state index in [0.29, 0.717) is 0 Å². The highest BCUT2D eigenvalue weighted by atomic mass is 16.5. The highest BCUT2D eigenvalue weighted by Crippen LogP contribution is 2.24. The van der Waals surface area contributed by atoms with E-state index in [4.69, 9.17) is 9.47 Å². The van der Waals surface area contributed by atoms with Crippen LogP contribution in [0.15, 0.2) is 18.2 Å². The fraction of sp³-hybridized carbons (Fsp3) is 0.806. The molecule has 1 aromatic rings. The van der Waals surface area contributed by atoms with E-state index in [1.165, 1.54) is 121 Å². The first-order chi connectivity index (χ1) is 16.3. The highest BCUT2D eigenvalue weighted by Gasteiger charge is 2.03. The van der Waals surface area contributed by atoms with Gasteiger partial charge in [0, 0.05) is 0 Å². The molecule has 1 aromatic carbocycles. The van der Waals surface area contributed by atoms with Crippen LogP contribution in [0.3, 0.4) is 0 Å². The number of hydrogen-bond donors (Lipinski definition) is 0. The Morgan fingerprint density at radius 2 is 0.879 bits per heavy atom. The third-order valence-corrected chi connectivity index (χ3v) is 6.67. The van der Waals surface area contributed by atoms with Gasteiger partial charge in [0.25, 0.3) is 0 Å². The Balaban J connectivity index is 1.98. The Morgan fingerprint density at radius 1 is 0.485 bits per heavy atom. The molecule has 0 N–H and O–H groups in total. The molecule has 0 aliphatic carbocycles. The summed E-state index contributed by atoms with van der Waals surface area (Å²) >= 11 is 0. The maximum atomic E-state index is 6.02. The molecule has 0 radical (unpaired) electrons. The van der Waals surface area contributed by atoms with Crippen molar-refractivity contribution in [2.45, 2.75) is 149 Å². The second-order valence-electron chi connectivity index (χ2n) is 9.99. The Hall–Kier alpha value is -1.18. The van der Waals surface area contributed by atoms with E-state index < -0.39 is 0 Å². The zero-order valence-electron chi connectivity index (χ0n) is 22.6. The first-order valence-electron chi connectivity index (χ1n) is 14.6. The first kappa shape index (κ1) is 29.9. The van der Waals surface area contributed by atoms with Crippen molar-refractivity contribution in [2.75, 3.05) is 13.2 Å². The molecular formula is C31H56O2. The maximum Gasteiger partial charge on any atom is 0.122 e. The molecule has 2 nitrogen and oxygen atoms in total. The smallest absolute Gasteiger partial charge is 0.122 e. The standard InChI is InChI=1S/C31H56O2/c1-4-6-8-10-12-14-16-18-20-22-26-32-30-24-25-31(29(3)28-30)33-27-23-21-19-17-15-13-11-9-7-5-2/h24-25,28H,4-23,26-27H2,1-3H3. The summed E-state index contributed by atoms with van der Waals surface area (Å²) in [6, 6.07) is 6.28. The number of aryl methyl sites for hydroxylation is 1. The monoisotopic (exact) mass is 460 g/mol. The number of hydrogen-bond acceptors (Lipinski definition) is 2. The van der Waals surface area contributed by atoms with E-state index in [2.05, 4.69) is 39.0 Å². The van der Waals surface area contributed by atoms with Crippen molar-refractivity contribution in [3.63, 3.8) is 0 Å². The summed E-state index contributed by atoms with van der Waals surface area (Å²) in [5, 5.41) is 0. The van der Waals surface area contributed by atoms with E-state index in [0.717, 1.165) is 37.6 Å². The zero-order valence-corrected chi connectivity index (χ0v) is 22.6. The summed E-state index contributed by atoms with van der Waals surface area (Å²) in [5.41, 5.74) is 1.18. The van der Waals surface area contributed by atoms with Crippen LogP contribution in [-0.2, 0) is 0 Å². The number of ether oxygens (including phenoxy) is 2. The Bertz CT molecular complexity index is 540. The van der Waals surface area contributed by atoms with Gasteiger partial charge in [0.2, 0.25) is 0 Å². The number of rotatable bonds is 24. The summed E-state index contributed by atoms with van der Waals surface area (Å²) in [4.78, 5) is 0.